The van der Waals surface area contributed by atoms with Crippen molar-refractivity contribution in [3.05, 3.63) is 11.3 Å². The molecule has 0 radical (unpaired) electrons. The van der Waals surface area contributed by atoms with Gasteiger partial charge in [0, 0.05) is 12.6 Å². The first-order valence-electron chi connectivity index (χ1n) is 5.68. The Morgan fingerprint density at radius 3 is 2.80 bits per heavy atom. The summed E-state index contributed by atoms with van der Waals surface area (Å²) < 4.78 is 5.07. The van der Waals surface area contributed by atoms with Crippen molar-refractivity contribution < 1.29 is 4.52 Å². The van der Waals surface area contributed by atoms with Crippen molar-refractivity contribution in [1.29, 1.82) is 0 Å². The number of aromatic nitrogens is 1. The minimum absolute atomic E-state index is 0.411. The molecule has 0 amide bonds. The predicted molar refractivity (Wildman–Crippen MR) is 57.1 cm³/mol. The van der Waals surface area contributed by atoms with Gasteiger partial charge in [0.05, 0.1) is 11.6 Å². The number of nitrogen functional groups attached to an aromatic ring is 1. The maximum Gasteiger partial charge on any atom is 0.226 e. The van der Waals surface area contributed by atoms with Crippen molar-refractivity contribution in [1.82, 2.24) is 10.1 Å². The number of nitrogens with two attached hydrogens (primary N) is 1. The smallest absolute Gasteiger partial charge is 0.226 e. The van der Waals surface area contributed by atoms with E-state index in [0.717, 1.165) is 23.8 Å². The number of anilines is 1. The quantitative estimate of drug-likeness (QED) is 0.805. The standard InChI is InChI=1S/C11H17N3O/c1-6(2)10-9-8(11(12)15-13-9)5-14(10)7-3-4-7/h6-7,10H,3-5,12H2,1-2H3. The summed E-state index contributed by atoms with van der Waals surface area (Å²) in [6.07, 6.45) is 2.65. The zero-order valence-corrected chi connectivity index (χ0v) is 9.23. The van der Waals surface area contributed by atoms with E-state index < -0.39 is 0 Å². The highest BCUT2D eigenvalue weighted by Crippen LogP contribution is 2.46. The van der Waals surface area contributed by atoms with Crippen LogP contribution in [0.15, 0.2) is 4.52 Å². The van der Waals surface area contributed by atoms with E-state index in [1.807, 2.05) is 0 Å². The van der Waals surface area contributed by atoms with Gasteiger partial charge >= 0.3 is 0 Å². The molecule has 0 bridgehead atoms. The molecule has 0 aromatic carbocycles. The average Bonchev–Trinajstić information content (AvgIpc) is 2.86. The first-order chi connectivity index (χ1) is 7.18. The Labute approximate surface area is 89.4 Å². The second kappa shape index (κ2) is 2.98. The Morgan fingerprint density at radius 2 is 2.20 bits per heavy atom. The van der Waals surface area contributed by atoms with Gasteiger partial charge in [-0.25, -0.2) is 0 Å². The number of rotatable bonds is 2. The first kappa shape index (κ1) is 9.21. The van der Waals surface area contributed by atoms with Gasteiger partial charge in [0.25, 0.3) is 0 Å². The van der Waals surface area contributed by atoms with E-state index >= 15 is 0 Å². The van der Waals surface area contributed by atoms with Crippen molar-refractivity contribution in [2.75, 3.05) is 5.73 Å². The highest BCUT2D eigenvalue weighted by Gasteiger charge is 2.44. The summed E-state index contributed by atoms with van der Waals surface area (Å²) in [5.41, 5.74) is 7.98. The van der Waals surface area contributed by atoms with Crippen LogP contribution < -0.4 is 5.73 Å². The molecule has 15 heavy (non-hydrogen) atoms. The molecular formula is C11H17N3O. The fourth-order valence-electron chi connectivity index (χ4n) is 2.63. The first-order valence-corrected chi connectivity index (χ1v) is 5.68. The largest absolute Gasteiger partial charge is 0.367 e. The van der Waals surface area contributed by atoms with Gasteiger partial charge in [-0.2, -0.15) is 0 Å². The van der Waals surface area contributed by atoms with Crippen LogP contribution in [0.3, 0.4) is 0 Å². The summed E-state index contributed by atoms with van der Waals surface area (Å²) in [4.78, 5) is 2.54. The average molecular weight is 207 g/mol. The Hall–Kier alpha value is -1.03. The summed E-state index contributed by atoms with van der Waals surface area (Å²) in [6, 6.07) is 1.17. The van der Waals surface area contributed by atoms with Crippen LogP contribution in [0.25, 0.3) is 0 Å². The molecule has 1 aliphatic heterocycles. The molecule has 2 aliphatic rings. The number of fused-ring (bicyclic) bond motifs is 1. The Balaban J connectivity index is 1.98. The molecule has 1 unspecified atom stereocenters. The molecule has 1 aromatic heterocycles. The van der Waals surface area contributed by atoms with Crippen molar-refractivity contribution in [3.63, 3.8) is 0 Å². The molecule has 4 heteroatoms. The van der Waals surface area contributed by atoms with E-state index in [9.17, 15) is 0 Å². The molecule has 1 aromatic rings. The molecule has 82 valence electrons. The lowest BCUT2D eigenvalue weighted by atomic mass is 10.0. The van der Waals surface area contributed by atoms with Crippen LogP contribution >= 0.6 is 0 Å². The van der Waals surface area contributed by atoms with E-state index in [2.05, 4.69) is 23.9 Å². The monoisotopic (exact) mass is 207 g/mol. The molecule has 1 saturated carbocycles. The van der Waals surface area contributed by atoms with Crippen molar-refractivity contribution in [2.24, 2.45) is 5.92 Å². The summed E-state index contributed by atoms with van der Waals surface area (Å²) in [5.74, 6) is 1.08. The topological polar surface area (TPSA) is 55.3 Å². The summed E-state index contributed by atoms with van der Waals surface area (Å²) in [6.45, 7) is 5.40. The summed E-state index contributed by atoms with van der Waals surface area (Å²) >= 11 is 0. The molecular weight excluding hydrogens is 190 g/mol. The van der Waals surface area contributed by atoms with Gasteiger partial charge in [0.1, 0.15) is 5.69 Å². The normalized spacial score (nSPS) is 26.2. The fourth-order valence-corrected chi connectivity index (χ4v) is 2.63. The highest BCUT2D eigenvalue weighted by molar-refractivity contribution is 5.43. The summed E-state index contributed by atoms with van der Waals surface area (Å²) in [5, 5.41) is 4.12. The van der Waals surface area contributed by atoms with Gasteiger partial charge in [-0.3, -0.25) is 4.90 Å². The van der Waals surface area contributed by atoms with E-state index in [1.54, 1.807) is 0 Å². The lowest BCUT2D eigenvalue weighted by molar-refractivity contribution is 0.153. The zero-order valence-electron chi connectivity index (χ0n) is 9.23. The molecule has 1 fully saturated rings. The third-order valence-electron chi connectivity index (χ3n) is 3.47. The number of hydrogen-bond donors (Lipinski definition) is 1. The summed E-state index contributed by atoms with van der Waals surface area (Å²) in [7, 11) is 0. The Kier molecular flexibility index (Phi) is 1.83. The maximum atomic E-state index is 5.78. The van der Waals surface area contributed by atoms with Crippen molar-refractivity contribution >= 4 is 5.88 Å². The molecule has 1 aliphatic carbocycles. The maximum absolute atomic E-state index is 5.78. The van der Waals surface area contributed by atoms with Gasteiger partial charge in [-0.05, 0) is 18.8 Å². The van der Waals surface area contributed by atoms with E-state index in [1.165, 1.54) is 12.8 Å². The molecule has 0 spiro atoms. The van der Waals surface area contributed by atoms with Crippen LogP contribution in [0.4, 0.5) is 5.88 Å². The SMILES string of the molecule is CC(C)C1c2noc(N)c2CN1C1CC1. The van der Waals surface area contributed by atoms with Crippen LogP contribution in [-0.2, 0) is 6.54 Å². The van der Waals surface area contributed by atoms with Gasteiger partial charge in [0.2, 0.25) is 5.88 Å². The van der Waals surface area contributed by atoms with Crippen LogP contribution in [0, 0.1) is 5.92 Å². The molecule has 0 saturated heterocycles. The Morgan fingerprint density at radius 1 is 1.47 bits per heavy atom. The van der Waals surface area contributed by atoms with Crippen LogP contribution in [-0.4, -0.2) is 16.1 Å². The second-order valence-corrected chi connectivity index (χ2v) is 5.00. The lowest BCUT2D eigenvalue weighted by Crippen LogP contribution is -2.28. The minimum Gasteiger partial charge on any atom is -0.367 e. The predicted octanol–water partition coefficient (Wildman–Crippen LogP) is 1.93. The third-order valence-corrected chi connectivity index (χ3v) is 3.47. The van der Waals surface area contributed by atoms with Crippen LogP contribution in [0.5, 0.6) is 0 Å². The lowest BCUT2D eigenvalue weighted by Gasteiger charge is -2.26. The molecule has 2 N–H and O–H groups in total. The minimum atomic E-state index is 0.411. The second-order valence-electron chi connectivity index (χ2n) is 5.00. The zero-order chi connectivity index (χ0) is 10.6. The van der Waals surface area contributed by atoms with Crippen molar-refractivity contribution in [2.45, 2.75) is 45.3 Å². The number of hydrogen-bond acceptors (Lipinski definition) is 4. The molecule has 4 nitrogen and oxygen atoms in total. The van der Waals surface area contributed by atoms with Gasteiger partial charge < -0.3 is 10.3 Å². The molecule has 2 heterocycles. The van der Waals surface area contributed by atoms with Crippen LogP contribution in [0.1, 0.15) is 44.0 Å². The van der Waals surface area contributed by atoms with Gasteiger partial charge in [0.15, 0.2) is 0 Å². The van der Waals surface area contributed by atoms with E-state index in [4.69, 9.17) is 10.3 Å². The Bertz CT molecular complexity index is 381. The molecule has 1 atom stereocenters. The molecule has 3 rings (SSSR count). The highest BCUT2D eigenvalue weighted by atomic mass is 16.5. The van der Waals surface area contributed by atoms with E-state index in [0.29, 0.717) is 17.8 Å². The van der Waals surface area contributed by atoms with Gasteiger partial charge in [-0.1, -0.05) is 19.0 Å². The van der Waals surface area contributed by atoms with Crippen molar-refractivity contribution in [3.8, 4) is 0 Å². The fraction of sp³-hybridized carbons (Fsp3) is 0.727. The van der Waals surface area contributed by atoms with Gasteiger partial charge in [-0.15, -0.1) is 0 Å². The number of nitrogens with zero attached hydrogens (tertiary/aromatic N) is 2. The van der Waals surface area contributed by atoms with Crippen LogP contribution in [0.2, 0.25) is 0 Å². The van der Waals surface area contributed by atoms with E-state index in [-0.39, 0.29) is 0 Å². The third kappa shape index (κ3) is 1.28.